The summed E-state index contributed by atoms with van der Waals surface area (Å²) in [6.45, 7) is 4.03. The van der Waals surface area contributed by atoms with Gasteiger partial charge < -0.3 is 15.0 Å². The Kier molecular flexibility index (Phi) is 4.46. The molecule has 0 bridgehead atoms. The number of hydrogen-bond donors (Lipinski definition) is 1. The van der Waals surface area contributed by atoms with Crippen LogP contribution in [0.4, 0.5) is 11.5 Å². The molecule has 1 saturated heterocycles. The summed E-state index contributed by atoms with van der Waals surface area (Å²) in [4.78, 5) is 19.3. The number of rotatable bonds is 4. The molecule has 2 heterocycles. The fraction of sp³-hybridized carbons (Fsp3) is 0.333. The second kappa shape index (κ2) is 6.69. The van der Waals surface area contributed by atoms with Crippen molar-refractivity contribution in [2.45, 2.75) is 19.8 Å². The van der Waals surface area contributed by atoms with Crippen molar-refractivity contribution in [3.05, 3.63) is 47.7 Å². The van der Waals surface area contributed by atoms with Gasteiger partial charge in [0, 0.05) is 18.7 Å². The van der Waals surface area contributed by atoms with Gasteiger partial charge in [-0.3, -0.25) is 4.79 Å². The maximum atomic E-state index is 12.4. The molecule has 0 aliphatic carbocycles. The summed E-state index contributed by atoms with van der Waals surface area (Å²) in [6.07, 6.45) is 2.43. The number of benzene rings is 1. The molecule has 0 atom stereocenters. The number of hydrogen-bond acceptors (Lipinski definition) is 4. The first-order valence-corrected chi connectivity index (χ1v) is 7.85. The minimum Gasteiger partial charge on any atom is -0.497 e. The third kappa shape index (κ3) is 3.44. The SMILES string of the molecule is COc1cccc(C(=O)Nc2ccc(N3CCCC3)nc2C)c1. The molecule has 1 aliphatic heterocycles. The topological polar surface area (TPSA) is 54.5 Å². The lowest BCUT2D eigenvalue weighted by atomic mass is 10.2. The molecule has 1 N–H and O–H groups in total. The first kappa shape index (κ1) is 15.3. The number of ether oxygens (including phenoxy) is 1. The summed E-state index contributed by atoms with van der Waals surface area (Å²) in [5, 5.41) is 2.92. The van der Waals surface area contributed by atoms with E-state index in [0.717, 1.165) is 30.3 Å². The first-order chi connectivity index (χ1) is 11.2. The van der Waals surface area contributed by atoms with Crippen LogP contribution in [0.25, 0.3) is 0 Å². The molecule has 120 valence electrons. The smallest absolute Gasteiger partial charge is 0.255 e. The number of carbonyl (C=O) groups is 1. The Balaban J connectivity index is 1.75. The number of nitrogens with zero attached hydrogens (tertiary/aromatic N) is 2. The quantitative estimate of drug-likeness (QED) is 0.941. The van der Waals surface area contributed by atoms with Gasteiger partial charge in [-0.2, -0.15) is 0 Å². The van der Waals surface area contributed by atoms with Gasteiger partial charge in [-0.05, 0) is 50.1 Å². The minimum absolute atomic E-state index is 0.164. The fourth-order valence-corrected chi connectivity index (χ4v) is 2.76. The van der Waals surface area contributed by atoms with Crippen LogP contribution in [0, 0.1) is 6.92 Å². The number of methoxy groups -OCH3 is 1. The predicted molar refractivity (Wildman–Crippen MR) is 91.4 cm³/mol. The van der Waals surface area contributed by atoms with Crippen LogP contribution in [0.5, 0.6) is 5.75 Å². The number of anilines is 2. The average Bonchev–Trinajstić information content (AvgIpc) is 3.11. The summed E-state index contributed by atoms with van der Waals surface area (Å²) in [5.41, 5.74) is 2.12. The zero-order valence-corrected chi connectivity index (χ0v) is 13.5. The van der Waals surface area contributed by atoms with Gasteiger partial charge in [-0.15, -0.1) is 0 Å². The Hall–Kier alpha value is -2.56. The van der Waals surface area contributed by atoms with E-state index >= 15 is 0 Å². The molecule has 0 unspecified atom stereocenters. The fourth-order valence-electron chi connectivity index (χ4n) is 2.76. The van der Waals surface area contributed by atoms with Gasteiger partial charge in [0.05, 0.1) is 18.5 Å². The van der Waals surface area contributed by atoms with Crippen LogP contribution in [0.2, 0.25) is 0 Å². The van der Waals surface area contributed by atoms with Crippen LogP contribution < -0.4 is 15.0 Å². The second-order valence-corrected chi connectivity index (χ2v) is 5.68. The Morgan fingerprint density at radius 2 is 2.00 bits per heavy atom. The maximum absolute atomic E-state index is 12.4. The third-order valence-corrected chi connectivity index (χ3v) is 4.08. The van der Waals surface area contributed by atoms with Gasteiger partial charge in [0.2, 0.25) is 0 Å². The van der Waals surface area contributed by atoms with E-state index in [-0.39, 0.29) is 5.91 Å². The number of pyridine rings is 1. The molecule has 1 fully saturated rings. The van der Waals surface area contributed by atoms with Gasteiger partial charge in [-0.25, -0.2) is 4.98 Å². The Bertz CT molecular complexity index is 709. The van der Waals surface area contributed by atoms with Crippen LogP contribution in [0.1, 0.15) is 28.9 Å². The van der Waals surface area contributed by atoms with E-state index in [9.17, 15) is 4.79 Å². The van der Waals surface area contributed by atoms with Crippen molar-refractivity contribution in [2.75, 3.05) is 30.4 Å². The highest BCUT2D eigenvalue weighted by Crippen LogP contribution is 2.23. The van der Waals surface area contributed by atoms with Crippen molar-refractivity contribution < 1.29 is 9.53 Å². The van der Waals surface area contributed by atoms with Crippen molar-refractivity contribution in [1.82, 2.24) is 4.98 Å². The zero-order valence-electron chi connectivity index (χ0n) is 13.5. The van der Waals surface area contributed by atoms with Gasteiger partial charge in [0.1, 0.15) is 11.6 Å². The molecule has 1 amide bonds. The molecule has 3 rings (SSSR count). The van der Waals surface area contributed by atoms with Gasteiger partial charge >= 0.3 is 0 Å². The van der Waals surface area contributed by atoms with Crippen molar-refractivity contribution >= 4 is 17.4 Å². The van der Waals surface area contributed by atoms with Crippen LogP contribution >= 0.6 is 0 Å². The molecule has 1 aromatic heterocycles. The highest BCUT2D eigenvalue weighted by Gasteiger charge is 2.15. The Morgan fingerprint density at radius 1 is 1.22 bits per heavy atom. The number of aryl methyl sites for hydroxylation is 1. The van der Waals surface area contributed by atoms with Gasteiger partial charge in [0.15, 0.2) is 0 Å². The molecule has 0 spiro atoms. The number of amides is 1. The first-order valence-electron chi connectivity index (χ1n) is 7.85. The van der Waals surface area contributed by atoms with Crippen LogP contribution in [0.3, 0.4) is 0 Å². The molecular formula is C18H21N3O2. The van der Waals surface area contributed by atoms with Crippen LogP contribution in [0.15, 0.2) is 36.4 Å². The molecule has 0 saturated carbocycles. The van der Waals surface area contributed by atoms with Crippen molar-refractivity contribution in [3.8, 4) is 5.75 Å². The Morgan fingerprint density at radius 3 is 2.70 bits per heavy atom. The largest absolute Gasteiger partial charge is 0.497 e. The summed E-state index contributed by atoms with van der Waals surface area (Å²) in [5.74, 6) is 1.49. The van der Waals surface area contributed by atoms with E-state index in [1.54, 1.807) is 25.3 Å². The lowest BCUT2D eigenvalue weighted by molar-refractivity contribution is 0.102. The Labute approximate surface area is 136 Å². The van der Waals surface area contributed by atoms with E-state index in [2.05, 4.69) is 15.2 Å². The van der Waals surface area contributed by atoms with Crippen molar-refractivity contribution in [3.63, 3.8) is 0 Å². The van der Waals surface area contributed by atoms with Crippen molar-refractivity contribution in [1.29, 1.82) is 0 Å². The van der Waals surface area contributed by atoms with E-state index < -0.39 is 0 Å². The van der Waals surface area contributed by atoms with Gasteiger partial charge in [0.25, 0.3) is 5.91 Å². The number of aromatic nitrogens is 1. The molecular weight excluding hydrogens is 290 g/mol. The zero-order chi connectivity index (χ0) is 16.2. The number of nitrogens with one attached hydrogen (secondary N) is 1. The van der Waals surface area contributed by atoms with E-state index in [4.69, 9.17) is 4.74 Å². The highest BCUT2D eigenvalue weighted by atomic mass is 16.5. The van der Waals surface area contributed by atoms with Gasteiger partial charge in [-0.1, -0.05) is 6.07 Å². The number of carbonyl (C=O) groups excluding carboxylic acids is 1. The van der Waals surface area contributed by atoms with Crippen LogP contribution in [-0.2, 0) is 0 Å². The molecule has 5 heteroatoms. The average molecular weight is 311 g/mol. The van der Waals surface area contributed by atoms with Crippen molar-refractivity contribution in [2.24, 2.45) is 0 Å². The molecule has 5 nitrogen and oxygen atoms in total. The third-order valence-electron chi connectivity index (χ3n) is 4.08. The van der Waals surface area contributed by atoms with E-state index in [0.29, 0.717) is 11.3 Å². The van der Waals surface area contributed by atoms with E-state index in [1.165, 1.54) is 12.8 Å². The molecule has 1 aromatic carbocycles. The lowest BCUT2D eigenvalue weighted by Gasteiger charge is -2.18. The molecule has 0 radical (unpaired) electrons. The summed E-state index contributed by atoms with van der Waals surface area (Å²) < 4.78 is 5.15. The lowest BCUT2D eigenvalue weighted by Crippen LogP contribution is -2.20. The summed E-state index contributed by atoms with van der Waals surface area (Å²) in [7, 11) is 1.59. The highest BCUT2D eigenvalue weighted by molar-refractivity contribution is 6.04. The van der Waals surface area contributed by atoms with E-state index in [1.807, 2.05) is 25.1 Å². The molecule has 2 aromatic rings. The van der Waals surface area contributed by atoms with Crippen LogP contribution in [-0.4, -0.2) is 31.1 Å². The predicted octanol–water partition coefficient (Wildman–Crippen LogP) is 3.25. The summed E-state index contributed by atoms with van der Waals surface area (Å²) in [6, 6.07) is 11.0. The normalized spacial score (nSPS) is 13.9. The monoisotopic (exact) mass is 311 g/mol. The molecule has 1 aliphatic rings. The molecule has 23 heavy (non-hydrogen) atoms. The second-order valence-electron chi connectivity index (χ2n) is 5.68. The summed E-state index contributed by atoms with van der Waals surface area (Å²) >= 11 is 0. The maximum Gasteiger partial charge on any atom is 0.255 e. The standard InChI is InChI=1S/C18H21N3O2/c1-13-16(8-9-17(19-13)21-10-3-4-11-21)20-18(22)14-6-5-7-15(12-14)23-2/h5-9,12H,3-4,10-11H2,1-2H3,(H,20,22). The minimum atomic E-state index is -0.164.